The predicted molar refractivity (Wildman–Crippen MR) is 58.2 cm³/mol. The van der Waals surface area contributed by atoms with Crippen LogP contribution in [0.1, 0.15) is 43.1 Å². The van der Waals surface area contributed by atoms with Gasteiger partial charge in [0.05, 0.1) is 9.48 Å². The maximum Gasteiger partial charge on any atom is 0.186 e. The second-order valence-corrected chi connectivity index (χ2v) is 4.12. The maximum absolute atomic E-state index is 8.06. The summed E-state index contributed by atoms with van der Waals surface area (Å²) in [6.45, 7) is -13.0. The summed E-state index contributed by atoms with van der Waals surface area (Å²) < 4.78 is 96.5. The van der Waals surface area contributed by atoms with Gasteiger partial charge in [-0.1, -0.05) is 25.0 Å². The summed E-state index contributed by atoms with van der Waals surface area (Å²) in [4.78, 5) is 3.62. The van der Waals surface area contributed by atoms with Crippen molar-refractivity contribution >= 4 is 32.4 Å². The molecule has 0 bridgehead atoms. The molecule has 0 saturated carbocycles. The van der Waals surface area contributed by atoms with Crippen LogP contribution in [0.25, 0.3) is 0 Å². The van der Waals surface area contributed by atoms with E-state index in [9.17, 15) is 0 Å². The van der Waals surface area contributed by atoms with Crippen LogP contribution in [-0.4, -0.2) is 18.9 Å². The molecule has 1 rings (SSSR count). The number of anilines is 1. The molecule has 0 spiro atoms. The Labute approximate surface area is 104 Å². The largest absolute Gasteiger partial charge is 0.354 e. The van der Waals surface area contributed by atoms with E-state index in [1.807, 2.05) is 0 Å². The van der Waals surface area contributed by atoms with E-state index in [0.29, 0.717) is 11.3 Å². The van der Waals surface area contributed by atoms with Crippen LogP contribution in [0.3, 0.4) is 0 Å². The summed E-state index contributed by atoms with van der Waals surface area (Å²) >= 11 is 3.31. The van der Waals surface area contributed by atoms with Crippen LogP contribution < -0.4 is 4.90 Å². The third-order valence-corrected chi connectivity index (χ3v) is 2.69. The van der Waals surface area contributed by atoms with Gasteiger partial charge in [-0.05, 0) is 21.8 Å². The van der Waals surface area contributed by atoms with Gasteiger partial charge in [0.1, 0.15) is 0 Å². The van der Waals surface area contributed by atoms with Gasteiger partial charge in [-0.15, -0.1) is 0 Å². The molecule has 2 nitrogen and oxygen atoms in total. The van der Waals surface area contributed by atoms with Crippen molar-refractivity contribution in [3.05, 3.63) is 9.48 Å². The second-order valence-electron chi connectivity index (χ2n) is 1.83. The molecule has 0 atom stereocenters. The summed E-state index contributed by atoms with van der Waals surface area (Å²) in [5.74, 6) is -3.18. The van der Waals surface area contributed by atoms with E-state index in [2.05, 4.69) is 20.9 Å². The van der Waals surface area contributed by atoms with Crippen molar-refractivity contribution in [1.29, 1.82) is 0 Å². The lowest BCUT2D eigenvalue weighted by atomic mass is 10.2. The number of aromatic nitrogens is 1. The Bertz CT molecular complexity index is 596. The third kappa shape index (κ3) is 1.98. The monoisotopic (exact) mass is 261 g/mol. The van der Waals surface area contributed by atoms with Gasteiger partial charge < -0.3 is 4.90 Å². The van der Waals surface area contributed by atoms with Crippen molar-refractivity contribution in [3.63, 3.8) is 0 Å². The highest BCUT2D eigenvalue weighted by atomic mass is 79.9. The second kappa shape index (κ2) is 3.75. The molecule has 68 valence electrons. The van der Waals surface area contributed by atoms with E-state index < -0.39 is 44.4 Å². The highest BCUT2D eigenvalue weighted by Crippen LogP contribution is 2.33. The quantitative estimate of drug-likeness (QED) is 0.814. The molecule has 1 aromatic rings. The Morgan fingerprint density at radius 1 is 1.67 bits per heavy atom. The normalized spacial score (nSPS) is 31.9. The predicted octanol–water partition coefficient (Wildman–Crippen LogP) is 3.10. The third-order valence-electron chi connectivity index (χ3n) is 1.00. The lowest BCUT2D eigenvalue weighted by Gasteiger charge is -2.05. The van der Waals surface area contributed by atoms with Crippen molar-refractivity contribution < 1.29 is 17.8 Å². The zero-order valence-electron chi connectivity index (χ0n) is 18.7. The van der Waals surface area contributed by atoms with Crippen LogP contribution in [0.15, 0.2) is 3.79 Å². The standard InChI is InChI=1S/C8H13BrN2S/c1-5(2)6-7(9)12-8(10-6)11(3)4/h5H,1-4H3/i1D3,2D3,3D3,4D3,5D. The zero-order chi connectivity index (χ0) is 20.2. The van der Waals surface area contributed by atoms with E-state index in [-0.39, 0.29) is 8.69 Å². The van der Waals surface area contributed by atoms with Crippen molar-refractivity contribution in [2.45, 2.75) is 19.6 Å². The van der Waals surface area contributed by atoms with Crippen LogP contribution in [0.4, 0.5) is 5.13 Å². The van der Waals surface area contributed by atoms with Gasteiger partial charge in [-0.3, -0.25) is 0 Å². The molecule has 0 aliphatic rings. The molecule has 0 N–H and O–H groups in total. The molecule has 0 fully saturated rings. The average Bonchev–Trinajstić information content (AvgIpc) is 2.62. The number of hydrogen-bond donors (Lipinski definition) is 0. The Morgan fingerprint density at radius 3 is 3.00 bits per heavy atom. The number of hydrogen-bond acceptors (Lipinski definition) is 3. The molecular formula is C8H13BrN2S. The highest BCUT2D eigenvalue weighted by Gasteiger charge is 2.12. The smallest absolute Gasteiger partial charge is 0.186 e. The Hall–Kier alpha value is -0.0900. The van der Waals surface area contributed by atoms with E-state index in [4.69, 9.17) is 17.8 Å². The number of nitrogens with zero attached hydrogens (tertiary/aromatic N) is 2. The van der Waals surface area contributed by atoms with Crippen LogP contribution in [-0.2, 0) is 0 Å². The minimum absolute atomic E-state index is 0.00161. The molecule has 4 heteroatoms. The summed E-state index contributed by atoms with van der Waals surface area (Å²) in [7, 11) is 0. The lowest BCUT2D eigenvalue weighted by Crippen LogP contribution is -2.08. The average molecular weight is 262 g/mol. The first kappa shape index (κ1) is 2.28. The fourth-order valence-electron chi connectivity index (χ4n) is 0.541. The fourth-order valence-corrected chi connectivity index (χ4v) is 1.89. The Balaban J connectivity index is 3.68. The fraction of sp³-hybridized carbons (Fsp3) is 0.625. The molecule has 0 amide bonds. The molecule has 1 aromatic heterocycles. The summed E-state index contributed by atoms with van der Waals surface area (Å²) in [5.41, 5.74) is -0.772. The molecule has 1 heterocycles. The number of thiazole rings is 1. The molecule has 0 aromatic carbocycles. The Kier molecular flexibility index (Phi) is 0.713. The first-order chi connectivity index (χ1) is 10.7. The van der Waals surface area contributed by atoms with Gasteiger partial charge in [-0.25, -0.2) is 4.98 Å². The topological polar surface area (TPSA) is 16.1 Å². The van der Waals surface area contributed by atoms with E-state index in [0.717, 1.165) is 0 Å². The van der Waals surface area contributed by atoms with Gasteiger partial charge >= 0.3 is 0 Å². The zero-order valence-corrected chi connectivity index (χ0v) is 8.08. The van der Waals surface area contributed by atoms with Crippen molar-refractivity contribution in [2.24, 2.45) is 0 Å². The molecule has 0 aliphatic heterocycles. The van der Waals surface area contributed by atoms with Gasteiger partial charge in [0.15, 0.2) is 5.13 Å². The van der Waals surface area contributed by atoms with Gasteiger partial charge in [0, 0.05) is 31.8 Å². The van der Waals surface area contributed by atoms with Crippen molar-refractivity contribution in [3.8, 4) is 0 Å². The van der Waals surface area contributed by atoms with Crippen LogP contribution >= 0.6 is 27.3 Å². The SMILES string of the molecule is [2H]C([2H])([2H])N(c1nc(C([2H])(C([2H])([2H])[2H])C([2H])([2H])[2H])c(Br)s1)C([2H])([2H])[2H]. The minimum Gasteiger partial charge on any atom is -0.354 e. The summed E-state index contributed by atoms with van der Waals surface area (Å²) in [5, 5.41) is -0.646. The number of rotatable bonds is 2. The molecule has 12 heavy (non-hydrogen) atoms. The minimum atomic E-state index is -3.34. The molecule has 0 aliphatic carbocycles. The van der Waals surface area contributed by atoms with Gasteiger partial charge in [-0.2, -0.15) is 0 Å². The van der Waals surface area contributed by atoms with Crippen LogP contribution in [0.2, 0.25) is 0 Å². The first-order valence-corrected chi connectivity index (χ1v) is 4.32. The highest BCUT2D eigenvalue weighted by molar-refractivity contribution is 9.11. The Morgan fingerprint density at radius 2 is 2.42 bits per heavy atom. The van der Waals surface area contributed by atoms with E-state index >= 15 is 0 Å². The van der Waals surface area contributed by atoms with Gasteiger partial charge in [0.25, 0.3) is 0 Å². The van der Waals surface area contributed by atoms with E-state index in [1.165, 1.54) is 0 Å². The van der Waals surface area contributed by atoms with Crippen molar-refractivity contribution in [2.75, 3.05) is 18.9 Å². The number of halogens is 1. The maximum atomic E-state index is 8.06. The molecule has 0 radical (unpaired) electrons. The van der Waals surface area contributed by atoms with Crippen LogP contribution in [0, 0.1) is 0 Å². The summed E-state index contributed by atoms with van der Waals surface area (Å²) in [6.07, 6.45) is 0. The van der Waals surface area contributed by atoms with Crippen molar-refractivity contribution in [1.82, 2.24) is 4.98 Å². The van der Waals surface area contributed by atoms with Crippen LogP contribution in [0.5, 0.6) is 0 Å². The first-order valence-electron chi connectivity index (χ1n) is 9.22. The summed E-state index contributed by atoms with van der Waals surface area (Å²) in [6, 6.07) is 0. The van der Waals surface area contributed by atoms with E-state index in [1.54, 1.807) is 0 Å². The van der Waals surface area contributed by atoms with Gasteiger partial charge in [0.2, 0.25) is 0 Å². The molecule has 0 unspecified atom stereocenters. The molecule has 0 saturated heterocycles. The molecular weight excluding hydrogens is 236 g/mol. The lowest BCUT2D eigenvalue weighted by molar-refractivity contribution is 0.825.